The van der Waals surface area contributed by atoms with Gasteiger partial charge in [-0.05, 0) is 60.7 Å². The Labute approximate surface area is 238 Å². The molecule has 0 unspecified atom stereocenters. The fourth-order valence-electron chi connectivity index (χ4n) is 4.38. The number of nitrogens with one attached hydrogen (secondary N) is 2. The van der Waals surface area contributed by atoms with Crippen LogP contribution in [0.25, 0.3) is 16.9 Å². The van der Waals surface area contributed by atoms with E-state index in [1.165, 1.54) is 0 Å². The van der Waals surface area contributed by atoms with E-state index < -0.39 is 0 Å². The molecule has 208 valence electrons. The molecule has 1 amide bonds. The Morgan fingerprint density at radius 1 is 0.707 bits per heavy atom. The van der Waals surface area contributed by atoms with Gasteiger partial charge in [0.15, 0.2) is 11.5 Å². The zero-order valence-corrected chi connectivity index (χ0v) is 23.2. The van der Waals surface area contributed by atoms with E-state index in [1.807, 2.05) is 72.8 Å². The third kappa shape index (κ3) is 5.79. The van der Waals surface area contributed by atoms with Gasteiger partial charge in [-0.1, -0.05) is 30.3 Å². The molecule has 4 aromatic carbocycles. The third-order valence-electron chi connectivity index (χ3n) is 6.46. The molecule has 2 N–H and O–H groups in total. The summed E-state index contributed by atoms with van der Waals surface area (Å²) < 4.78 is 23.6. The molecule has 0 saturated carbocycles. The second-order valence-corrected chi connectivity index (χ2v) is 8.93. The number of hydrogen-bond donors (Lipinski definition) is 2. The van der Waals surface area contributed by atoms with E-state index in [4.69, 9.17) is 24.0 Å². The maximum atomic E-state index is 13.0. The molecular weight excluding hydrogens is 520 g/mol. The fraction of sp³-hybridized carbons (Fsp3) is 0.125. The van der Waals surface area contributed by atoms with Crippen LogP contribution in [0, 0.1) is 0 Å². The molecule has 0 aliphatic carbocycles. The SMILES string of the molecule is COc1ccc(C(=O)Nc2ccccc2Nc2cc(-c3cc(OC)c(OC)c(OC)c3)nn2-c2ccccc2)cc1. The Hall–Kier alpha value is -5.44. The van der Waals surface area contributed by atoms with Crippen molar-refractivity contribution in [2.75, 3.05) is 39.1 Å². The highest BCUT2D eigenvalue weighted by Gasteiger charge is 2.19. The summed E-state index contributed by atoms with van der Waals surface area (Å²) >= 11 is 0. The molecule has 0 atom stereocenters. The van der Waals surface area contributed by atoms with Crippen molar-refractivity contribution in [2.24, 2.45) is 0 Å². The van der Waals surface area contributed by atoms with E-state index in [1.54, 1.807) is 57.4 Å². The Bertz CT molecular complexity index is 1620. The predicted molar refractivity (Wildman–Crippen MR) is 159 cm³/mol. The maximum Gasteiger partial charge on any atom is 0.255 e. The lowest BCUT2D eigenvalue weighted by atomic mass is 10.1. The first-order valence-corrected chi connectivity index (χ1v) is 12.8. The smallest absolute Gasteiger partial charge is 0.255 e. The number of amides is 1. The molecule has 41 heavy (non-hydrogen) atoms. The number of nitrogens with zero attached hydrogens (tertiary/aromatic N) is 2. The van der Waals surface area contributed by atoms with Gasteiger partial charge in [-0.3, -0.25) is 4.79 Å². The second-order valence-electron chi connectivity index (χ2n) is 8.93. The molecule has 9 heteroatoms. The summed E-state index contributed by atoms with van der Waals surface area (Å²) in [6, 6.07) is 29.9. The summed E-state index contributed by atoms with van der Waals surface area (Å²) in [6.07, 6.45) is 0. The zero-order valence-electron chi connectivity index (χ0n) is 23.2. The summed E-state index contributed by atoms with van der Waals surface area (Å²) in [6.45, 7) is 0. The fourth-order valence-corrected chi connectivity index (χ4v) is 4.38. The summed E-state index contributed by atoms with van der Waals surface area (Å²) in [4.78, 5) is 13.0. The summed E-state index contributed by atoms with van der Waals surface area (Å²) in [5, 5.41) is 11.4. The van der Waals surface area contributed by atoms with Crippen LogP contribution in [-0.4, -0.2) is 44.1 Å². The van der Waals surface area contributed by atoms with Crippen molar-refractivity contribution >= 4 is 23.1 Å². The molecule has 0 radical (unpaired) electrons. The minimum Gasteiger partial charge on any atom is -0.497 e. The number of aromatic nitrogens is 2. The first-order chi connectivity index (χ1) is 20.0. The molecule has 0 saturated heterocycles. The number of carbonyl (C=O) groups is 1. The highest BCUT2D eigenvalue weighted by molar-refractivity contribution is 6.06. The first-order valence-electron chi connectivity index (χ1n) is 12.8. The van der Waals surface area contributed by atoms with Crippen molar-refractivity contribution in [1.29, 1.82) is 0 Å². The molecule has 0 spiro atoms. The van der Waals surface area contributed by atoms with Gasteiger partial charge >= 0.3 is 0 Å². The van der Waals surface area contributed by atoms with Gasteiger partial charge in [0.2, 0.25) is 5.75 Å². The highest BCUT2D eigenvalue weighted by Crippen LogP contribution is 2.41. The molecule has 9 nitrogen and oxygen atoms in total. The molecule has 1 heterocycles. The van der Waals surface area contributed by atoms with Gasteiger partial charge in [0.25, 0.3) is 5.91 Å². The monoisotopic (exact) mass is 550 g/mol. The van der Waals surface area contributed by atoms with Gasteiger partial charge in [-0.15, -0.1) is 0 Å². The van der Waals surface area contributed by atoms with Crippen LogP contribution in [-0.2, 0) is 0 Å². The van der Waals surface area contributed by atoms with E-state index in [0.29, 0.717) is 51.4 Å². The van der Waals surface area contributed by atoms with Crippen LogP contribution >= 0.6 is 0 Å². The number of methoxy groups -OCH3 is 4. The quantitative estimate of drug-likeness (QED) is 0.203. The van der Waals surface area contributed by atoms with Crippen LogP contribution in [0.4, 0.5) is 17.2 Å². The van der Waals surface area contributed by atoms with Gasteiger partial charge < -0.3 is 29.6 Å². The van der Waals surface area contributed by atoms with Crippen LogP contribution in [0.1, 0.15) is 10.4 Å². The number of hydrogen-bond acceptors (Lipinski definition) is 7. The zero-order chi connectivity index (χ0) is 28.8. The number of carbonyl (C=O) groups excluding carboxylic acids is 1. The standard InChI is InChI=1S/C32H30N4O5/c1-38-24-16-14-21(15-17-24)32(37)34-26-13-9-8-12-25(26)33-30-20-27(35-36(30)23-10-6-5-7-11-23)22-18-28(39-2)31(41-4)29(19-22)40-3/h5-20,33H,1-4H3,(H,34,37). The first kappa shape index (κ1) is 27.1. The summed E-state index contributed by atoms with van der Waals surface area (Å²) in [5.74, 6) is 2.68. The molecule has 0 fully saturated rings. The van der Waals surface area contributed by atoms with Gasteiger partial charge in [-0.25, -0.2) is 4.68 Å². The van der Waals surface area contributed by atoms with Crippen molar-refractivity contribution in [1.82, 2.24) is 9.78 Å². The molecular formula is C32H30N4O5. The van der Waals surface area contributed by atoms with E-state index in [0.717, 1.165) is 11.3 Å². The van der Waals surface area contributed by atoms with Gasteiger partial charge in [0, 0.05) is 17.2 Å². The number of rotatable bonds is 10. The Morgan fingerprint density at radius 3 is 1.95 bits per heavy atom. The summed E-state index contributed by atoms with van der Waals surface area (Å²) in [5.41, 5.74) is 4.13. The van der Waals surface area contributed by atoms with Crippen LogP contribution in [0.3, 0.4) is 0 Å². The van der Waals surface area contributed by atoms with Gasteiger partial charge in [0.1, 0.15) is 11.6 Å². The van der Waals surface area contributed by atoms with Crippen molar-refractivity contribution in [3.05, 3.63) is 103 Å². The largest absolute Gasteiger partial charge is 0.497 e. The average Bonchev–Trinajstić information content (AvgIpc) is 3.45. The number of ether oxygens (including phenoxy) is 4. The lowest BCUT2D eigenvalue weighted by molar-refractivity contribution is 0.102. The van der Waals surface area contributed by atoms with Crippen molar-refractivity contribution < 1.29 is 23.7 Å². The second kappa shape index (κ2) is 12.2. The van der Waals surface area contributed by atoms with Gasteiger partial charge in [-0.2, -0.15) is 5.10 Å². The molecule has 0 aliphatic rings. The number of benzene rings is 4. The Balaban J connectivity index is 1.52. The molecule has 0 aliphatic heterocycles. The lowest BCUT2D eigenvalue weighted by Gasteiger charge is -2.14. The topological polar surface area (TPSA) is 95.9 Å². The van der Waals surface area contributed by atoms with E-state index in [-0.39, 0.29) is 5.91 Å². The van der Waals surface area contributed by atoms with Crippen molar-refractivity contribution in [3.63, 3.8) is 0 Å². The van der Waals surface area contributed by atoms with Crippen LogP contribution in [0.15, 0.2) is 97.1 Å². The lowest BCUT2D eigenvalue weighted by Crippen LogP contribution is -2.13. The molecule has 0 bridgehead atoms. The number of anilines is 3. The summed E-state index contributed by atoms with van der Waals surface area (Å²) in [7, 11) is 6.31. The number of para-hydroxylation sites is 3. The van der Waals surface area contributed by atoms with E-state index in [9.17, 15) is 4.79 Å². The van der Waals surface area contributed by atoms with Crippen LogP contribution in [0.2, 0.25) is 0 Å². The van der Waals surface area contributed by atoms with Crippen molar-refractivity contribution in [3.8, 4) is 39.9 Å². The highest BCUT2D eigenvalue weighted by atomic mass is 16.5. The molecule has 5 rings (SSSR count). The Morgan fingerprint density at radius 2 is 1.34 bits per heavy atom. The van der Waals surface area contributed by atoms with Crippen molar-refractivity contribution in [2.45, 2.75) is 0 Å². The average molecular weight is 551 g/mol. The Kier molecular flexibility index (Phi) is 8.05. The minimum absolute atomic E-state index is 0.239. The third-order valence-corrected chi connectivity index (χ3v) is 6.46. The molecule has 5 aromatic rings. The minimum atomic E-state index is -0.239. The normalized spacial score (nSPS) is 10.5. The van der Waals surface area contributed by atoms with Crippen LogP contribution < -0.4 is 29.6 Å². The van der Waals surface area contributed by atoms with E-state index >= 15 is 0 Å². The van der Waals surface area contributed by atoms with Gasteiger partial charge in [0.05, 0.1) is 51.2 Å². The maximum absolute atomic E-state index is 13.0. The molecule has 1 aromatic heterocycles. The van der Waals surface area contributed by atoms with E-state index in [2.05, 4.69) is 10.6 Å². The van der Waals surface area contributed by atoms with Crippen LogP contribution in [0.5, 0.6) is 23.0 Å². The predicted octanol–water partition coefficient (Wildman–Crippen LogP) is 6.57.